The molecule has 0 atom stereocenters. The van der Waals surface area contributed by atoms with Gasteiger partial charge in [0.2, 0.25) is 17.4 Å². The fraction of sp³-hybridized carbons (Fsp3) is 0.742. The molecule has 1 aromatic carbocycles. The molecule has 246 valence electrons. The number of hydrogen-bond donors (Lipinski definition) is 0. The number of carbonyl (C=O) groups excluding carboxylic acids is 2. The van der Waals surface area contributed by atoms with E-state index >= 15 is 0 Å². The van der Waals surface area contributed by atoms with Gasteiger partial charge < -0.3 is 28.4 Å². The van der Waals surface area contributed by atoms with Crippen LogP contribution in [0.1, 0.15) is 77.0 Å². The van der Waals surface area contributed by atoms with Gasteiger partial charge in [-0.05, 0) is 12.8 Å². The van der Waals surface area contributed by atoms with Gasteiger partial charge in [-0.3, -0.25) is 9.59 Å². The Morgan fingerprint density at radius 3 is 1.37 bits per heavy atom. The quantitative estimate of drug-likeness (QED) is 0.0566. The Bertz CT molecular complexity index is 895. The minimum atomic E-state index is -1.79. The van der Waals surface area contributed by atoms with Crippen LogP contribution in [0.15, 0.2) is 6.07 Å². The topological polar surface area (TPSA) is 89.5 Å². The lowest BCUT2D eigenvalue weighted by Gasteiger charge is -2.15. The molecule has 0 aliphatic heterocycles. The van der Waals surface area contributed by atoms with Crippen molar-refractivity contribution in [3.05, 3.63) is 29.3 Å². The van der Waals surface area contributed by atoms with Gasteiger partial charge in [0.15, 0.2) is 11.6 Å². The first-order valence-electron chi connectivity index (χ1n) is 15.3. The van der Waals surface area contributed by atoms with E-state index in [-0.39, 0.29) is 38.2 Å². The standard InChI is InChI=1S/C31H46F4O8/c32-25-23-26(33)30(35)31(29(25)34)43-28(37)12-14-39-16-18-41-20-22-42-21-19-40-17-15-38-13-11-27(36)24-9-7-5-3-1-2-4-6-8-10-24/h23-24H,1-22H2. The normalized spacial score (nSPS) is 15.3. The Morgan fingerprint density at radius 1 is 0.558 bits per heavy atom. The van der Waals surface area contributed by atoms with Crippen molar-refractivity contribution in [3.63, 3.8) is 0 Å². The van der Waals surface area contributed by atoms with Crippen LogP contribution in [0.3, 0.4) is 0 Å². The van der Waals surface area contributed by atoms with E-state index in [1.807, 2.05) is 0 Å². The Hall–Kier alpha value is -2.12. The van der Waals surface area contributed by atoms with E-state index < -0.39 is 35.0 Å². The first kappa shape index (κ1) is 37.1. The molecule has 0 amide bonds. The van der Waals surface area contributed by atoms with Crippen LogP contribution in [0, 0.1) is 29.2 Å². The molecule has 0 N–H and O–H groups in total. The van der Waals surface area contributed by atoms with Gasteiger partial charge in [0.1, 0.15) is 5.78 Å². The highest BCUT2D eigenvalue weighted by molar-refractivity contribution is 5.81. The molecule has 0 aromatic heterocycles. The van der Waals surface area contributed by atoms with Crippen LogP contribution in [-0.2, 0) is 33.3 Å². The molecular weight excluding hydrogens is 576 g/mol. The second-order valence-electron chi connectivity index (χ2n) is 10.4. The lowest BCUT2D eigenvalue weighted by molar-refractivity contribution is -0.136. The van der Waals surface area contributed by atoms with E-state index in [1.54, 1.807) is 0 Å². The average Bonchev–Trinajstić information content (AvgIpc) is 3.05. The summed E-state index contributed by atoms with van der Waals surface area (Å²) >= 11 is 0. The van der Waals surface area contributed by atoms with Crippen LogP contribution in [0.2, 0.25) is 0 Å². The van der Waals surface area contributed by atoms with Crippen molar-refractivity contribution < 1.29 is 55.6 Å². The fourth-order valence-corrected chi connectivity index (χ4v) is 4.63. The summed E-state index contributed by atoms with van der Waals surface area (Å²) in [5.74, 6) is -8.92. The summed E-state index contributed by atoms with van der Waals surface area (Å²) in [5.41, 5.74) is 0. The molecule has 1 aliphatic rings. The largest absolute Gasteiger partial charge is 0.420 e. The number of hydrogen-bond acceptors (Lipinski definition) is 8. The fourth-order valence-electron chi connectivity index (χ4n) is 4.63. The third-order valence-corrected chi connectivity index (χ3v) is 7.03. The maximum Gasteiger partial charge on any atom is 0.313 e. The molecule has 2 rings (SSSR count). The zero-order valence-corrected chi connectivity index (χ0v) is 25.0. The third-order valence-electron chi connectivity index (χ3n) is 7.03. The molecular formula is C31H46F4O8. The molecule has 0 unspecified atom stereocenters. The summed E-state index contributed by atoms with van der Waals surface area (Å²) in [5, 5.41) is 0. The zero-order chi connectivity index (χ0) is 31.1. The van der Waals surface area contributed by atoms with Crippen LogP contribution < -0.4 is 4.74 Å². The monoisotopic (exact) mass is 622 g/mol. The summed E-state index contributed by atoms with van der Waals surface area (Å²) in [6.07, 6.45) is 12.1. The van der Waals surface area contributed by atoms with E-state index in [1.165, 1.54) is 38.5 Å². The van der Waals surface area contributed by atoms with E-state index in [4.69, 9.17) is 23.7 Å². The van der Waals surface area contributed by atoms with Crippen molar-refractivity contribution in [2.24, 2.45) is 5.92 Å². The summed E-state index contributed by atoms with van der Waals surface area (Å²) < 4.78 is 84.6. The van der Waals surface area contributed by atoms with Crippen molar-refractivity contribution in [2.75, 3.05) is 66.1 Å². The first-order valence-corrected chi connectivity index (χ1v) is 15.3. The van der Waals surface area contributed by atoms with Crippen LogP contribution in [0.25, 0.3) is 0 Å². The Balaban J connectivity index is 1.35. The molecule has 1 saturated carbocycles. The molecule has 12 heteroatoms. The number of ether oxygens (including phenoxy) is 6. The van der Waals surface area contributed by atoms with Crippen LogP contribution in [0.5, 0.6) is 5.75 Å². The highest BCUT2D eigenvalue weighted by Gasteiger charge is 2.23. The highest BCUT2D eigenvalue weighted by atomic mass is 19.2. The summed E-state index contributed by atoms with van der Waals surface area (Å²) in [4.78, 5) is 24.3. The molecule has 1 aliphatic carbocycles. The maximum absolute atomic E-state index is 13.5. The number of esters is 1. The number of Topliss-reactive ketones (excluding diaryl/α,β-unsaturated/α-hetero) is 1. The van der Waals surface area contributed by atoms with Gasteiger partial charge in [0, 0.05) is 18.4 Å². The van der Waals surface area contributed by atoms with Gasteiger partial charge in [0.05, 0.1) is 72.5 Å². The molecule has 0 bridgehead atoms. The van der Waals surface area contributed by atoms with Crippen molar-refractivity contribution in [3.8, 4) is 5.75 Å². The summed E-state index contributed by atoms with van der Waals surface area (Å²) in [7, 11) is 0. The number of rotatable bonds is 20. The van der Waals surface area contributed by atoms with Gasteiger partial charge >= 0.3 is 5.97 Å². The predicted octanol–water partition coefficient (Wildman–Crippen LogP) is 6.11. The molecule has 1 aromatic rings. The molecule has 0 spiro atoms. The third kappa shape index (κ3) is 16.5. The van der Waals surface area contributed by atoms with Gasteiger partial charge in [-0.25, -0.2) is 8.78 Å². The van der Waals surface area contributed by atoms with Crippen LogP contribution >= 0.6 is 0 Å². The Kier molecular flexibility index (Phi) is 20.1. The van der Waals surface area contributed by atoms with E-state index in [2.05, 4.69) is 4.74 Å². The van der Waals surface area contributed by atoms with Gasteiger partial charge in [-0.2, -0.15) is 8.78 Å². The predicted molar refractivity (Wildman–Crippen MR) is 150 cm³/mol. The maximum atomic E-state index is 13.5. The number of benzene rings is 1. The average molecular weight is 623 g/mol. The molecule has 1 fully saturated rings. The van der Waals surface area contributed by atoms with Crippen LogP contribution in [-0.4, -0.2) is 77.8 Å². The summed E-state index contributed by atoms with van der Waals surface area (Å²) in [6, 6.07) is 0.0229. The minimum Gasteiger partial charge on any atom is -0.420 e. The zero-order valence-electron chi connectivity index (χ0n) is 25.0. The highest BCUT2D eigenvalue weighted by Crippen LogP contribution is 2.27. The van der Waals surface area contributed by atoms with Crippen molar-refractivity contribution in [2.45, 2.75) is 77.0 Å². The minimum absolute atomic E-state index is 0.0229. The van der Waals surface area contributed by atoms with Gasteiger partial charge in [0.25, 0.3) is 0 Å². The molecule has 43 heavy (non-hydrogen) atoms. The smallest absolute Gasteiger partial charge is 0.313 e. The van der Waals surface area contributed by atoms with Gasteiger partial charge in [-0.15, -0.1) is 0 Å². The Labute approximate surface area is 251 Å². The van der Waals surface area contributed by atoms with Crippen LogP contribution in [0.4, 0.5) is 17.6 Å². The van der Waals surface area contributed by atoms with Crippen molar-refractivity contribution >= 4 is 11.8 Å². The summed E-state index contributed by atoms with van der Waals surface area (Å²) in [6.45, 7) is 2.94. The number of ketones is 1. The second-order valence-corrected chi connectivity index (χ2v) is 10.4. The molecule has 0 radical (unpaired) electrons. The molecule has 0 heterocycles. The Morgan fingerprint density at radius 2 is 0.930 bits per heavy atom. The number of carbonyl (C=O) groups is 2. The SMILES string of the molecule is O=C(CCOCCOCCOCCOCCOCCC(=O)C1CCCCCCCCCC1)Oc1c(F)c(F)cc(F)c1F. The lowest BCUT2D eigenvalue weighted by atomic mass is 9.90. The van der Waals surface area contributed by atoms with E-state index in [0.29, 0.717) is 58.5 Å². The van der Waals surface area contributed by atoms with Crippen molar-refractivity contribution in [1.82, 2.24) is 0 Å². The molecule has 0 saturated heterocycles. The lowest BCUT2D eigenvalue weighted by Crippen LogP contribution is -2.18. The second kappa shape index (κ2) is 23.3. The van der Waals surface area contributed by atoms with Crippen molar-refractivity contribution in [1.29, 1.82) is 0 Å². The van der Waals surface area contributed by atoms with E-state index in [0.717, 1.165) is 25.7 Å². The van der Waals surface area contributed by atoms with Gasteiger partial charge in [-0.1, -0.05) is 51.4 Å². The van der Waals surface area contributed by atoms with E-state index in [9.17, 15) is 27.2 Å². The molecule has 8 nitrogen and oxygen atoms in total. The number of halogens is 4. The first-order chi connectivity index (χ1) is 20.9.